The maximum absolute atomic E-state index is 12.9. The third-order valence-electron chi connectivity index (χ3n) is 6.20. The maximum atomic E-state index is 12.9. The van der Waals surface area contributed by atoms with Gasteiger partial charge in [0.2, 0.25) is 5.91 Å². The molecular weight excluding hydrogens is 432 g/mol. The lowest BCUT2D eigenvalue weighted by Gasteiger charge is -2.22. The Balaban J connectivity index is 1.47. The number of carbonyl (C=O) groups excluding carboxylic acids is 2. The molecule has 0 aliphatic carbocycles. The minimum atomic E-state index is -0.324. The molecule has 8 heteroatoms. The third kappa shape index (κ3) is 5.11. The molecule has 0 radical (unpaired) electrons. The highest BCUT2D eigenvalue weighted by molar-refractivity contribution is 5.80. The zero-order valence-corrected chi connectivity index (χ0v) is 19.6. The van der Waals surface area contributed by atoms with Crippen molar-refractivity contribution in [2.24, 2.45) is 0 Å². The molecule has 4 rings (SSSR count). The molecule has 0 spiro atoms. The topological polar surface area (TPSA) is 93.5 Å². The number of nitrogens with one attached hydrogen (secondary N) is 1. The van der Waals surface area contributed by atoms with Crippen LogP contribution in [0.2, 0.25) is 0 Å². The predicted molar refractivity (Wildman–Crippen MR) is 130 cm³/mol. The number of aromatic nitrogens is 2. The summed E-state index contributed by atoms with van der Waals surface area (Å²) in [5, 5.41) is 3.50. The number of fused-ring (bicyclic) bond motifs is 1. The van der Waals surface area contributed by atoms with Crippen molar-refractivity contribution in [1.29, 1.82) is 0 Å². The molecular formula is C26H30N4O4. The van der Waals surface area contributed by atoms with Gasteiger partial charge in [0.15, 0.2) is 6.61 Å². The molecule has 2 amide bonds. The molecule has 0 saturated carbocycles. The summed E-state index contributed by atoms with van der Waals surface area (Å²) in [6, 6.07) is 14.2. The van der Waals surface area contributed by atoms with Crippen LogP contribution in [0.25, 0.3) is 10.9 Å². The van der Waals surface area contributed by atoms with Crippen LogP contribution in [-0.2, 0) is 16.1 Å². The van der Waals surface area contributed by atoms with E-state index < -0.39 is 0 Å². The average Bonchev–Trinajstić information content (AvgIpc) is 3.39. The number of likely N-dealkylation sites (tertiary alicyclic amines) is 1. The summed E-state index contributed by atoms with van der Waals surface area (Å²) in [5.74, 6) is 0.735. The minimum absolute atomic E-state index is 0.0250. The normalized spacial score (nSPS) is 14.2. The zero-order valence-electron chi connectivity index (χ0n) is 19.6. The molecule has 1 atom stereocenters. The average molecular weight is 463 g/mol. The molecule has 2 aromatic carbocycles. The number of hydrogen-bond donors (Lipinski definition) is 1. The summed E-state index contributed by atoms with van der Waals surface area (Å²) in [5.41, 5.74) is 1.17. The van der Waals surface area contributed by atoms with Crippen molar-refractivity contribution in [2.45, 2.75) is 45.7 Å². The zero-order chi connectivity index (χ0) is 24.1. The van der Waals surface area contributed by atoms with E-state index in [2.05, 4.69) is 10.3 Å². The highest BCUT2D eigenvalue weighted by Crippen LogP contribution is 2.27. The van der Waals surface area contributed by atoms with E-state index in [1.807, 2.05) is 42.2 Å². The van der Waals surface area contributed by atoms with Gasteiger partial charge in [-0.15, -0.1) is 0 Å². The summed E-state index contributed by atoms with van der Waals surface area (Å²) >= 11 is 0. The van der Waals surface area contributed by atoms with E-state index in [0.29, 0.717) is 28.9 Å². The molecule has 0 bridgehead atoms. The van der Waals surface area contributed by atoms with Crippen molar-refractivity contribution in [3.63, 3.8) is 0 Å². The lowest BCUT2D eigenvalue weighted by Crippen LogP contribution is -2.36. The highest BCUT2D eigenvalue weighted by Gasteiger charge is 2.21. The number of para-hydroxylation sites is 2. The van der Waals surface area contributed by atoms with Crippen LogP contribution in [0.1, 0.15) is 43.6 Å². The number of nitrogens with zero attached hydrogens (tertiary/aromatic N) is 3. The number of aryl methyl sites for hydroxylation is 1. The van der Waals surface area contributed by atoms with Crippen LogP contribution in [0.15, 0.2) is 53.3 Å². The van der Waals surface area contributed by atoms with Gasteiger partial charge in [0.25, 0.3) is 11.5 Å². The van der Waals surface area contributed by atoms with Crippen molar-refractivity contribution in [3.05, 3.63) is 70.3 Å². The molecule has 3 aromatic rings. The first-order valence-corrected chi connectivity index (χ1v) is 11.7. The number of rotatable bonds is 8. The minimum Gasteiger partial charge on any atom is -0.483 e. The molecule has 1 aliphatic heterocycles. The SMILES string of the molecule is CCC(NC(=O)Cn1c(C)nc2ccccc2c1=O)c1ccccc1OCC(=O)N1CCCC1. The molecule has 8 nitrogen and oxygen atoms in total. The number of benzene rings is 2. The smallest absolute Gasteiger partial charge is 0.261 e. The Bertz CT molecular complexity index is 1250. The van der Waals surface area contributed by atoms with Crippen molar-refractivity contribution in [2.75, 3.05) is 19.7 Å². The fraction of sp³-hybridized carbons (Fsp3) is 0.385. The van der Waals surface area contributed by atoms with E-state index in [0.717, 1.165) is 31.5 Å². The van der Waals surface area contributed by atoms with Crippen molar-refractivity contribution in [1.82, 2.24) is 19.8 Å². The summed E-state index contributed by atoms with van der Waals surface area (Å²) in [6.07, 6.45) is 2.68. The van der Waals surface area contributed by atoms with Gasteiger partial charge in [-0.05, 0) is 44.4 Å². The number of hydrogen-bond acceptors (Lipinski definition) is 5. The molecule has 1 saturated heterocycles. The van der Waals surface area contributed by atoms with Crippen molar-refractivity contribution in [3.8, 4) is 5.75 Å². The summed E-state index contributed by atoms with van der Waals surface area (Å²) < 4.78 is 7.26. The Morgan fingerprint density at radius 3 is 2.56 bits per heavy atom. The van der Waals surface area contributed by atoms with E-state index in [-0.39, 0.29) is 36.6 Å². The first-order chi connectivity index (χ1) is 16.5. The predicted octanol–water partition coefficient (Wildman–Crippen LogP) is 2.97. The molecule has 1 fully saturated rings. The summed E-state index contributed by atoms with van der Waals surface area (Å²) in [6.45, 7) is 5.08. The van der Waals surface area contributed by atoms with Gasteiger partial charge in [0.1, 0.15) is 18.1 Å². The largest absolute Gasteiger partial charge is 0.483 e. The summed E-state index contributed by atoms with van der Waals surface area (Å²) in [4.78, 5) is 44.5. The summed E-state index contributed by atoms with van der Waals surface area (Å²) in [7, 11) is 0. The second kappa shape index (κ2) is 10.5. The number of ether oxygens (including phenoxy) is 1. The van der Waals surface area contributed by atoms with Crippen LogP contribution >= 0.6 is 0 Å². The number of carbonyl (C=O) groups is 2. The quantitative estimate of drug-likeness (QED) is 0.556. The highest BCUT2D eigenvalue weighted by atomic mass is 16.5. The van der Waals surface area contributed by atoms with Gasteiger partial charge in [-0.2, -0.15) is 0 Å². The Morgan fingerprint density at radius 1 is 1.09 bits per heavy atom. The van der Waals surface area contributed by atoms with Crippen LogP contribution in [0.4, 0.5) is 0 Å². The Kier molecular flexibility index (Phi) is 7.25. The van der Waals surface area contributed by atoms with Crippen molar-refractivity contribution >= 4 is 22.7 Å². The Morgan fingerprint density at radius 2 is 1.79 bits per heavy atom. The van der Waals surface area contributed by atoms with Crippen molar-refractivity contribution < 1.29 is 14.3 Å². The molecule has 34 heavy (non-hydrogen) atoms. The van der Waals surface area contributed by atoms with E-state index >= 15 is 0 Å². The second-order valence-corrected chi connectivity index (χ2v) is 8.51. The fourth-order valence-corrected chi connectivity index (χ4v) is 4.35. The van der Waals surface area contributed by atoms with Crippen LogP contribution in [0, 0.1) is 6.92 Å². The van der Waals surface area contributed by atoms with E-state index in [1.165, 1.54) is 4.57 Å². The molecule has 178 valence electrons. The molecule has 1 aliphatic rings. The van der Waals surface area contributed by atoms with Gasteiger partial charge in [0, 0.05) is 18.7 Å². The van der Waals surface area contributed by atoms with Gasteiger partial charge in [-0.1, -0.05) is 37.3 Å². The standard InChI is InChI=1S/C26H30N4O4/c1-3-21(19-10-5-7-13-23(19)34-17-25(32)29-14-8-9-15-29)28-24(31)16-30-18(2)27-22-12-6-4-11-20(22)26(30)33/h4-7,10-13,21H,3,8-9,14-17H2,1-2H3,(H,28,31). The second-order valence-electron chi connectivity index (χ2n) is 8.51. The van der Waals surface area contributed by atoms with Crippen LogP contribution < -0.4 is 15.6 Å². The molecule has 2 heterocycles. The number of amides is 2. The lowest BCUT2D eigenvalue weighted by molar-refractivity contribution is -0.132. The third-order valence-corrected chi connectivity index (χ3v) is 6.20. The Labute approximate surface area is 198 Å². The van der Waals surface area contributed by atoms with E-state index in [9.17, 15) is 14.4 Å². The monoisotopic (exact) mass is 462 g/mol. The van der Waals surface area contributed by atoms with Gasteiger partial charge in [-0.3, -0.25) is 19.0 Å². The molecule has 1 unspecified atom stereocenters. The van der Waals surface area contributed by atoms with Crippen LogP contribution in [0.3, 0.4) is 0 Å². The molecule has 1 N–H and O–H groups in total. The first-order valence-electron chi connectivity index (χ1n) is 11.7. The molecule has 1 aromatic heterocycles. The van der Waals surface area contributed by atoms with Gasteiger partial charge >= 0.3 is 0 Å². The van der Waals surface area contributed by atoms with E-state index in [4.69, 9.17) is 4.74 Å². The fourth-order valence-electron chi connectivity index (χ4n) is 4.35. The van der Waals surface area contributed by atoms with Crippen LogP contribution in [0.5, 0.6) is 5.75 Å². The maximum Gasteiger partial charge on any atom is 0.261 e. The lowest BCUT2D eigenvalue weighted by atomic mass is 10.0. The van der Waals surface area contributed by atoms with Gasteiger partial charge in [-0.25, -0.2) is 4.98 Å². The first kappa shape index (κ1) is 23.5. The van der Waals surface area contributed by atoms with Gasteiger partial charge in [0.05, 0.1) is 16.9 Å². The van der Waals surface area contributed by atoms with E-state index in [1.54, 1.807) is 25.1 Å². The Hall–Kier alpha value is -3.68. The van der Waals surface area contributed by atoms with Gasteiger partial charge < -0.3 is 15.0 Å². The van der Waals surface area contributed by atoms with Crippen LogP contribution in [-0.4, -0.2) is 46.0 Å².